The monoisotopic (exact) mass is 363 g/mol. The summed E-state index contributed by atoms with van der Waals surface area (Å²) < 4.78 is 0. The molecule has 1 aliphatic carbocycles. The fourth-order valence-corrected chi connectivity index (χ4v) is 5.07. The van der Waals surface area contributed by atoms with E-state index in [-0.39, 0.29) is 30.4 Å². The standard InChI is InChI=1S/C18H25N3O3S/c1-11(2)21(12(3)4)15(22)10-20-16(23)18(19-17(20)24)8-5-6-14-13(18)7-9-25-14/h7,9,11-12H,5-6,8,10H2,1-4H3,(H,19,24)/t18-/m1/s1. The summed E-state index contributed by atoms with van der Waals surface area (Å²) >= 11 is 1.62. The molecule has 0 bridgehead atoms. The summed E-state index contributed by atoms with van der Waals surface area (Å²) in [6.45, 7) is 7.53. The zero-order valence-electron chi connectivity index (χ0n) is 15.2. The molecule has 1 spiro atoms. The Kier molecular flexibility index (Phi) is 4.62. The maximum Gasteiger partial charge on any atom is 0.325 e. The SMILES string of the molecule is CC(C)N(C(=O)CN1C(=O)N[C@@]2(CCCc3sccc32)C1=O)C(C)C. The number of rotatable bonds is 4. The predicted molar refractivity (Wildman–Crippen MR) is 96.3 cm³/mol. The fraction of sp³-hybridized carbons (Fsp3) is 0.611. The smallest absolute Gasteiger partial charge is 0.325 e. The van der Waals surface area contributed by atoms with Gasteiger partial charge in [0.05, 0.1) is 0 Å². The van der Waals surface area contributed by atoms with E-state index in [1.807, 2.05) is 39.1 Å². The minimum Gasteiger partial charge on any atom is -0.336 e. The summed E-state index contributed by atoms with van der Waals surface area (Å²) in [5.41, 5.74) is -0.0764. The van der Waals surface area contributed by atoms with Gasteiger partial charge in [-0.1, -0.05) is 0 Å². The van der Waals surface area contributed by atoms with Gasteiger partial charge in [-0.05, 0) is 58.4 Å². The van der Waals surface area contributed by atoms with Gasteiger partial charge in [0, 0.05) is 22.5 Å². The number of nitrogens with one attached hydrogen (secondary N) is 1. The Morgan fingerprint density at radius 2 is 2.00 bits per heavy atom. The highest BCUT2D eigenvalue weighted by Crippen LogP contribution is 2.42. The molecule has 4 amide bonds. The number of amides is 4. The first-order valence-electron chi connectivity index (χ1n) is 8.80. The van der Waals surface area contributed by atoms with Crippen LogP contribution in [-0.2, 0) is 21.5 Å². The van der Waals surface area contributed by atoms with Gasteiger partial charge in [-0.3, -0.25) is 14.5 Å². The molecule has 7 heteroatoms. The van der Waals surface area contributed by atoms with Gasteiger partial charge in [0.15, 0.2) is 0 Å². The molecule has 1 aliphatic heterocycles. The fourth-order valence-electron chi connectivity index (χ4n) is 4.07. The van der Waals surface area contributed by atoms with E-state index in [9.17, 15) is 14.4 Å². The lowest BCUT2D eigenvalue weighted by Gasteiger charge is -2.33. The Hall–Kier alpha value is -1.89. The Labute approximate surface area is 152 Å². The third-order valence-corrected chi connectivity index (χ3v) is 6.01. The van der Waals surface area contributed by atoms with Crippen LogP contribution in [0.3, 0.4) is 0 Å². The Morgan fingerprint density at radius 1 is 1.32 bits per heavy atom. The average Bonchev–Trinajstić information content (AvgIpc) is 3.08. The van der Waals surface area contributed by atoms with Crippen molar-refractivity contribution in [2.75, 3.05) is 6.54 Å². The molecule has 0 aromatic carbocycles. The van der Waals surface area contributed by atoms with E-state index in [2.05, 4.69) is 5.32 Å². The highest BCUT2D eigenvalue weighted by atomic mass is 32.1. The third-order valence-electron chi connectivity index (χ3n) is 5.03. The second-order valence-corrected chi connectivity index (χ2v) is 8.33. The van der Waals surface area contributed by atoms with Gasteiger partial charge < -0.3 is 10.2 Å². The van der Waals surface area contributed by atoms with Gasteiger partial charge in [0.2, 0.25) is 5.91 Å². The Bertz CT molecular complexity index is 704. The van der Waals surface area contributed by atoms with Crippen LogP contribution in [0, 0.1) is 0 Å². The van der Waals surface area contributed by atoms with Crippen molar-refractivity contribution in [2.45, 2.75) is 64.6 Å². The first-order valence-corrected chi connectivity index (χ1v) is 9.68. The minimum absolute atomic E-state index is 0.0142. The molecule has 1 atom stereocenters. The summed E-state index contributed by atoms with van der Waals surface area (Å²) in [5, 5.41) is 4.85. The van der Waals surface area contributed by atoms with Gasteiger partial charge in [-0.2, -0.15) is 0 Å². The van der Waals surface area contributed by atoms with E-state index in [0.29, 0.717) is 6.42 Å². The molecular weight excluding hydrogens is 338 g/mol. The van der Waals surface area contributed by atoms with Crippen molar-refractivity contribution in [3.8, 4) is 0 Å². The van der Waals surface area contributed by atoms with Gasteiger partial charge >= 0.3 is 6.03 Å². The molecule has 2 aliphatic rings. The number of urea groups is 1. The molecule has 0 radical (unpaired) electrons. The topological polar surface area (TPSA) is 69.7 Å². The van der Waals surface area contributed by atoms with Crippen molar-refractivity contribution in [2.24, 2.45) is 0 Å². The van der Waals surface area contributed by atoms with E-state index >= 15 is 0 Å². The van der Waals surface area contributed by atoms with Crippen molar-refractivity contribution in [1.82, 2.24) is 15.1 Å². The molecule has 1 fully saturated rings. The lowest BCUT2D eigenvalue weighted by Crippen LogP contribution is -2.49. The number of hydrogen-bond donors (Lipinski definition) is 1. The lowest BCUT2D eigenvalue weighted by atomic mass is 9.80. The first kappa shape index (κ1) is 17.9. The Balaban J connectivity index is 1.85. The lowest BCUT2D eigenvalue weighted by molar-refractivity contribution is -0.141. The van der Waals surface area contributed by atoms with Crippen LogP contribution in [0.25, 0.3) is 0 Å². The Morgan fingerprint density at radius 3 is 2.64 bits per heavy atom. The van der Waals surface area contributed by atoms with Crippen LogP contribution in [0.1, 0.15) is 51.0 Å². The number of nitrogens with zero attached hydrogens (tertiary/aromatic N) is 2. The van der Waals surface area contributed by atoms with Crippen LogP contribution in [0.5, 0.6) is 0 Å². The van der Waals surface area contributed by atoms with Gasteiger partial charge in [0.25, 0.3) is 5.91 Å². The van der Waals surface area contributed by atoms with Crippen molar-refractivity contribution in [3.05, 3.63) is 21.9 Å². The molecule has 1 N–H and O–H groups in total. The molecule has 6 nitrogen and oxygen atoms in total. The average molecular weight is 363 g/mol. The van der Waals surface area contributed by atoms with Crippen LogP contribution < -0.4 is 5.32 Å². The second kappa shape index (κ2) is 6.44. The van der Waals surface area contributed by atoms with Crippen molar-refractivity contribution in [1.29, 1.82) is 0 Å². The zero-order chi connectivity index (χ0) is 18.4. The number of fused-ring (bicyclic) bond motifs is 2. The van der Waals surface area contributed by atoms with Crippen LogP contribution in [0.2, 0.25) is 0 Å². The van der Waals surface area contributed by atoms with Crippen LogP contribution in [0.15, 0.2) is 11.4 Å². The molecule has 136 valence electrons. The van der Waals surface area contributed by atoms with Gasteiger partial charge in [-0.25, -0.2) is 4.79 Å². The number of hydrogen-bond acceptors (Lipinski definition) is 4. The number of imide groups is 1. The summed E-state index contributed by atoms with van der Waals surface area (Å²) in [7, 11) is 0. The van der Waals surface area contributed by atoms with E-state index in [1.54, 1.807) is 16.2 Å². The highest BCUT2D eigenvalue weighted by molar-refractivity contribution is 7.10. The van der Waals surface area contributed by atoms with Crippen molar-refractivity contribution >= 4 is 29.2 Å². The summed E-state index contributed by atoms with van der Waals surface area (Å²) in [6, 6.07) is 1.49. The molecule has 0 unspecified atom stereocenters. The summed E-state index contributed by atoms with van der Waals surface area (Å²) in [6.07, 6.45) is 2.38. The number of carbonyl (C=O) groups is 3. The molecule has 0 saturated carbocycles. The maximum absolute atomic E-state index is 13.1. The first-order chi connectivity index (χ1) is 11.8. The number of aryl methyl sites for hydroxylation is 1. The van der Waals surface area contributed by atoms with Gasteiger partial charge in [-0.15, -0.1) is 11.3 Å². The molecule has 1 saturated heterocycles. The molecular formula is C18H25N3O3S. The summed E-state index contributed by atoms with van der Waals surface area (Å²) in [4.78, 5) is 42.3. The van der Waals surface area contributed by atoms with E-state index in [1.165, 1.54) is 0 Å². The predicted octanol–water partition coefficient (Wildman–Crippen LogP) is 2.48. The molecule has 2 heterocycles. The number of carbonyl (C=O) groups excluding carboxylic acids is 3. The van der Waals surface area contributed by atoms with E-state index in [4.69, 9.17) is 0 Å². The highest BCUT2D eigenvalue weighted by Gasteiger charge is 2.54. The van der Waals surface area contributed by atoms with Crippen LogP contribution in [-0.4, -0.2) is 46.3 Å². The van der Waals surface area contributed by atoms with Crippen LogP contribution >= 0.6 is 11.3 Å². The van der Waals surface area contributed by atoms with Crippen molar-refractivity contribution in [3.63, 3.8) is 0 Å². The maximum atomic E-state index is 13.1. The second-order valence-electron chi connectivity index (χ2n) is 7.33. The normalized spacial score (nSPS) is 22.7. The molecule has 1 aromatic rings. The largest absolute Gasteiger partial charge is 0.336 e. The van der Waals surface area contributed by atoms with E-state index < -0.39 is 11.6 Å². The van der Waals surface area contributed by atoms with E-state index in [0.717, 1.165) is 28.2 Å². The number of thiophene rings is 1. The zero-order valence-corrected chi connectivity index (χ0v) is 16.0. The molecule has 3 rings (SSSR count). The third kappa shape index (κ3) is 2.84. The molecule has 25 heavy (non-hydrogen) atoms. The molecule has 1 aromatic heterocycles. The van der Waals surface area contributed by atoms with Gasteiger partial charge in [0.1, 0.15) is 12.1 Å². The van der Waals surface area contributed by atoms with Crippen molar-refractivity contribution < 1.29 is 14.4 Å². The summed E-state index contributed by atoms with van der Waals surface area (Å²) in [5.74, 6) is -0.496. The quantitative estimate of drug-likeness (QED) is 0.836. The minimum atomic E-state index is -0.981. The van der Waals surface area contributed by atoms with Crippen LogP contribution in [0.4, 0.5) is 4.79 Å².